The highest BCUT2D eigenvalue weighted by molar-refractivity contribution is 5.98. The Morgan fingerprint density at radius 2 is 2.31 bits per heavy atom. The van der Waals surface area contributed by atoms with E-state index in [0.29, 0.717) is 19.4 Å². The van der Waals surface area contributed by atoms with Crippen molar-refractivity contribution in [1.82, 2.24) is 10.2 Å². The number of likely N-dealkylation sites (tertiary alicyclic amines) is 1. The number of nitrogens with one attached hydrogen (secondary N) is 1. The van der Waals surface area contributed by atoms with Gasteiger partial charge in [0.15, 0.2) is 11.5 Å². The van der Waals surface area contributed by atoms with Crippen LogP contribution in [0, 0.1) is 0 Å². The molecule has 0 aliphatic carbocycles. The number of aromatic hydroxyl groups is 1. The van der Waals surface area contributed by atoms with Gasteiger partial charge < -0.3 is 15.2 Å². The van der Waals surface area contributed by atoms with Crippen molar-refractivity contribution in [3.05, 3.63) is 35.9 Å². The highest BCUT2D eigenvalue weighted by atomic mass is 19.1. The van der Waals surface area contributed by atoms with Crippen LogP contribution in [0.5, 0.6) is 11.5 Å². The molecule has 1 atom stereocenters. The Balaban J connectivity index is 2.14. The summed E-state index contributed by atoms with van der Waals surface area (Å²) in [7, 11) is 1.43. The largest absolute Gasteiger partial charge is 0.504 e. The number of rotatable bonds is 9. The number of hydrogen-bond donors (Lipinski definition) is 2. The minimum atomic E-state index is -0.428. The van der Waals surface area contributed by atoms with Gasteiger partial charge in [-0.15, -0.1) is 6.58 Å². The van der Waals surface area contributed by atoms with Crippen molar-refractivity contribution in [3.8, 4) is 11.5 Å². The van der Waals surface area contributed by atoms with Crippen LogP contribution in [0.25, 0.3) is 0 Å². The molecule has 0 saturated carbocycles. The van der Waals surface area contributed by atoms with Crippen molar-refractivity contribution in [2.75, 3.05) is 33.4 Å². The number of phenols is 1. The van der Waals surface area contributed by atoms with E-state index in [9.17, 15) is 14.3 Å². The molecular weight excluding hydrogens is 335 g/mol. The Labute approximate surface area is 154 Å². The lowest BCUT2D eigenvalue weighted by Gasteiger charge is -2.34. The standard InChI is InChI=1S/C20H29FN2O3/c1-4-10-23-11-6-8-20(23,2)14-22-19(25)16-12-15(7-5-9-21)13-17(26-3)18(16)24/h4,12-13,24H,1,5-11,14H2,2-3H3,(H,22,25)/t20-/m0/s1. The van der Waals surface area contributed by atoms with Crippen LogP contribution >= 0.6 is 0 Å². The summed E-state index contributed by atoms with van der Waals surface area (Å²) in [4.78, 5) is 15.0. The summed E-state index contributed by atoms with van der Waals surface area (Å²) >= 11 is 0. The molecule has 1 heterocycles. The van der Waals surface area contributed by atoms with Crippen molar-refractivity contribution in [2.24, 2.45) is 0 Å². The second kappa shape index (κ2) is 9.03. The van der Waals surface area contributed by atoms with E-state index in [1.54, 1.807) is 12.1 Å². The van der Waals surface area contributed by atoms with Crippen LogP contribution in [0.15, 0.2) is 24.8 Å². The molecule has 144 valence electrons. The Morgan fingerprint density at radius 1 is 1.54 bits per heavy atom. The number of carbonyl (C=O) groups is 1. The number of aryl methyl sites for hydroxylation is 1. The molecule has 1 saturated heterocycles. The number of ether oxygens (including phenoxy) is 1. The maximum Gasteiger partial charge on any atom is 0.255 e. The first-order valence-corrected chi connectivity index (χ1v) is 9.05. The fourth-order valence-corrected chi connectivity index (χ4v) is 3.52. The van der Waals surface area contributed by atoms with Gasteiger partial charge in [0.1, 0.15) is 0 Å². The van der Waals surface area contributed by atoms with E-state index in [-0.39, 0.29) is 28.5 Å². The summed E-state index contributed by atoms with van der Waals surface area (Å²) < 4.78 is 17.6. The topological polar surface area (TPSA) is 61.8 Å². The first kappa shape index (κ1) is 20.2. The minimum absolute atomic E-state index is 0.130. The number of hydrogen-bond acceptors (Lipinski definition) is 4. The van der Waals surface area contributed by atoms with E-state index in [2.05, 4.69) is 23.7 Å². The lowest BCUT2D eigenvalue weighted by Crippen LogP contribution is -2.50. The average Bonchev–Trinajstić information content (AvgIpc) is 3.00. The van der Waals surface area contributed by atoms with Gasteiger partial charge in [-0.1, -0.05) is 6.08 Å². The number of carbonyl (C=O) groups excluding carboxylic acids is 1. The van der Waals surface area contributed by atoms with E-state index in [4.69, 9.17) is 4.74 Å². The zero-order valence-electron chi connectivity index (χ0n) is 15.7. The fourth-order valence-electron chi connectivity index (χ4n) is 3.52. The third kappa shape index (κ3) is 4.55. The van der Waals surface area contributed by atoms with Crippen molar-refractivity contribution >= 4 is 5.91 Å². The average molecular weight is 364 g/mol. The predicted octanol–water partition coefficient (Wildman–Crippen LogP) is 3.07. The van der Waals surface area contributed by atoms with Gasteiger partial charge in [0, 0.05) is 18.6 Å². The molecule has 1 aromatic carbocycles. The van der Waals surface area contributed by atoms with Gasteiger partial charge in [0.25, 0.3) is 5.91 Å². The van der Waals surface area contributed by atoms with Crippen LogP contribution in [0.3, 0.4) is 0 Å². The second-order valence-electron chi connectivity index (χ2n) is 7.00. The minimum Gasteiger partial charge on any atom is -0.504 e. The van der Waals surface area contributed by atoms with E-state index >= 15 is 0 Å². The Hall–Kier alpha value is -2.08. The molecule has 0 bridgehead atoms. The molecule has 0 spiro atoms. The van der Waals surface area contributed by atoms with Gasteiger partial charge in [0.2, 0.25) is 0 Å². The molecule has 1 aromatic rings. The van der Waals surface area contributed by atoms with Crippen LogP contribution in [-0.2, 0) is 6.42 Å². The van der Waals surface area contributed by atoms with Crippen LogP contribution in [0.2, 0.25) is 0 Å². The van der Waals surface area contributed by atoms with Crippen LogP contribution in [-0.4, -0.2) is 54.9 Å². The fraction of sp³-hybridized carbons (Fsp3) is 0.550. The molecule has 1 aliphatic heterocycles. The molecule has 26 heavy (non-hydrogen) atoms. The SMILES string of the molecule is C=CCN1CCC[C@@]1(C)CNC(=O)c1cc(CCCF)cc(OC)c1O. The number of methoxy groups -OCH3 is 1. The van der Waals surface area contributed by atoms with E-state index < -0.39 is 6.67 Å². The normalized spacial score (nSPS) is 20.1. The molecule has 0 unspecified atom stereocenters. The summed E-state index contributed by atoms with van der Waals surface area (Å²) in [5.41, 5.74) is 0.799. The Morgan fingerprint density at radius 3 is 2.96 bits per heavy atom. The maximum absolute atomic E-state index is 12.7. The van der Waals surface area contributed by atoms with Gasteiger partial charge in [0.05, 0.1) is 19.3 Å². The highest BCUT2D eigenvalue weighted by Gasteiger charge is 2.36. The molecule has 1 fully saturated rings. The van der Waals surface area contributed by atoms with Crippen LogP contribution in [0.1, 0.15) is 42.1 Å². The van der Waals surface area contributed by atoms with E-state index in [1.807, 2.05) is 6.08 Å². The Kier molecular flexibility index (Phi) is 7.03. The van der Waals surface area contributed by atoms with Gasteiger partial charge in [-0.2, -0.15) is 0 Å². The summed E-state index contributed by atoms with van der Waals surface area (Å²) in [6.45, 7) is 7.74. The first-order valence-electron chi connectivity index (χ1n) is 9.05. The summed E-state index contributed by atoms with van der Waals surface area (Å²) in [5.74, 6) is -0.310. The number of halogens is 1. The summed E-state index contributed by atoms with van der Waals surface area (Å²) in [6.07, 6.45) is 4.79. The van der Waals surface area contributed by atoms with Crippen molar-refractivity contribution in [2.45, 2.75) is 38.1 Å². The molecule has 2 N–H and O–H groups in total. The molecule has 6 heteroatoms. The first-order chi connectivity index (χ1) is 12.4. The van der Waals surface area contributed by atoms with E-state index in [1.165, 1.54) is 7.11 Å². The Bertz CT molecular complexity index is 650. The number of phenolic OH excluding ortho intramolecular Hbond substituents is 1. The van der Waals surface area contributed by atoms with Gasteiger partial charge in [-0.3, -0.25) is 14.1 Å². The lowest BCUT2D eigenvalue weighted by molar-refractivity contribution is 0.0909. The van der Waals surface area contributed by atoms with E-state index in [0.717, 1.165) is 31.5 Å². The molecule has 1 amide bonds. The molecule has 1 aliphatic rings. The van der Waals surface area contributed by atoms with Crippen molar-refractivity contribution in [3.63, 3.8) is 0 Å². The number of amides is 1. The molecule has 0 aromatic heterocycles. The molecular formula is C20H29FN2O3. The summed E-state index contributed by atoms with van der Waals surface area (Å²) in [6, 6.07) is 3.26. The number of benzene rings is 1. The smallest absolute Gasteiger partial charge is 0.255 e. The predicted molar refractivity (Wildman–Crippen MR) is 101 cm³/mol. The van der Waals surface area contributed by atoms with Gasteiger partial charge >= 0.3 is 0 Å². The third-order valence-electron chi connectivity index (χ3n) is 5.08. The van der Waals surface area contributed by atoms with Crippen LogP contribution < -0.4 is 10.1 Å². The monoisotopic (exact) mass is 364 g/mol. The zero-order chi connectivity index (χ0) is 19.2. The molecule has 5 nitrogen and oxygen atoms in total. The van der Waals surface area contributed by atoms with Gasteiger partial charge in [-0.25, -0.2) is 0 Å². The lowest BCUT2D eigenvalue weighted by atomic mass is 9.98. The number of nitrogens with zero attached hydrogens (tertiary/aromatic N) is 1. The quantitative estimate of drug-likeness (QED) is 0.661. The van der Waals surface area contributed by atoms with Crippen LogP contribution in [0.4, 0.5) is 4.39 Å². The maximum atomic E-state index is 12.7. The highest BCUT2D eigenvalue weighted by Crippen LogP contribution is 2.33. The van der Waals surface area contributed by atoms with Crippen molar-refractivity contribution in [1.29, 1.82) is 0 Å². The molecule has 0 radical (unpaired) electrons. The molecule has 2 rings (SSSR count). The third-order valence-corrected chi connectivity index (χ3v) is 5.08. The van der Waals surface area contributed by atoms with Crippen molar-refractivity contribution < 1.29 is 19.0 Å². The van der Waals surface area contributed by atoms with Gasteiger partial charge in [-0.05, 0) is 56.8 Å². The number of alkyl halides is 1. The zero-order valence-corrected chi connectivity index (χ0v) is 15.7. The second-order valence-corrected chi connectivity index (χ2v) is 7.00. The summed E-state index contributed by atoms with van der Waals surface area (Å²) in [5, 5.41) is 13.3.